The number of nitrogens with one attached hydrogen (secondary N) is 1. The molecule has 1 aromatic heterocycles. The normalized spacial score (nSPS) is 10.9. The summed E-state index contributed by atoms with van der Waals surface area (Å²) in [6.07, 6.45) is 11.0. The summed E-state index contributed by atoms with van der Waals surface area (Å²) in [7, 11) is 0. The van der Waals surface area contributed by atoms with Gasteiger partial charge in [-0.2, -0.15) is 0 Å². The molecule has 0 atom stereocenters. The van der Waals surface area contributed by atoms with Crippen LogP contribution in [0.1, 0.15) is 31.9 Å². The molecule has 0 aliphatic rings. The van der Waals surface area contributed by atoms with E-state index in [1.807, 2.05) is 6.08 Å². The molecule has 4 heteroatoms. The van der Waals surface area contributed by atoms with Crippen LogP contribution in [0.25, 0.3) is 6.08 Å². The van der Waals surface area contributed by atoms with Gasteiger partial charge in [0, 0.05) is 6.54 Å². The van der Waals surface area contributed by atoms with E-state index in [0.29, 0.717) is 12.4 Å². The Balaban J connectivity index is 2.49. The SMILES string of the molecule is CCCC/C=C/c1cncc(NCCO)n1. The number of anilines is 1. The van der Waals surface area contributed by atoms with E-state index in [1.165, 1.54) is 12.8 Å². The molecule has 16 heavy (non-hydrogen) atoms. The smallest absolute Gasteiger partial charge is 0.145 e. The Labute approximate surface area is 96.4 Å². The van der Waals surface area contributed by atoms with Crippen molar-refractivity contribution < 1.29 is 5.11 Å². The van der Waals surface area contributed by atoms with E-state index < -0.39 is 0 Å². The molecule has 88 valence electrons. The first-order valence-electron chi connectivity index (χ1n) is 5.70. The van der Waals surface area contributed by atoms with E-state index in [1.54, 1.807) is 12.4 Å². The molecule has 0 unspecified atom stereocenters. The van der Waals surface area contributed by atoms with Crippen molar-refractivity contribution in [2.75, 3.05) is 18.5 Å². The topological polar surface area (TPSA) is 58.0 Å². The maximum absolute atomic E-state index is 8.67. The third kappa shape index (κ3) is 4.89. The van der Waals surface area contributed by atoms with Gasteiger partial charge >= 0.3 is 0 Å². The molecule has 1 rings (SSSR count). The van der Waals surface area contributed by atoms with Crippen molar-refractivity contribution in [1.29, 1.82) is 0 Å². The summed E-state index contributed by atoms with van der Waals surface area (Å²) >= 11 is 0. The number of hydrogen-bond donors (Lipinski definition) is 2. The van der Waals surface area contributed by atoms with Gasteiger partial charge in [0.1, 0.15) is 5.82 Å². The number of nitrogens with zero attached hydrogens (tertiary/aromatic N) is 2. The van der Waals surface area contributed by atoms with Gasteiger partial charge in [-0.15, -0.1) is 0 Å². The summed E-state index contributed by atoms with van der Waals surface area (Å²) in [6.45, 7) is 2.77. The van der Waals surface area contributed by atoms with Crippen molar-refractivity contribution in [2.45, 2.75) is 26.2 Å². The number of allylic oxidation sites excluding steroid dienone is 1. The summed E-state index contributed by atoms with van der Waals surface area (Å²) in [5.41, 5.74) is 0.846. The van der Waals surface area contributed by atoms with Crippen molar-refractivity contribution in [3.8, 4) is 0 Å². The van der Waals surface area contributed by atoms with Gasteiger partial charge in [-0.05, 0) is 12.5 Å². The molecule has 0 fully saturated rings. The van der Waals surface area contributed by atoms with E-state index in [9.17, 15) is 0 Å². The molecule has 0 aliphatic carbocycles. The van der Waals surface area contributed by atoms with Crippen LogP contribution in [0.5, 0.6) is 0 Å². The molecule has 1 heterocycles. The van der Waals surface area contributed by atoms with Crippen LogP contribution in [0.4, 0.5) is 5.82 Å². The third-order valence-corrected chi connectivity index (χ3v) is 2.08. The number of aliphatic hydroxyl groups excluding tert-OH is 1. The Hall–Kier alpha value is -1.42. The predicted octanol–water partition coefficient (Wildman–Crippen LogP) is 2.08. The van der Waals surface area contributed by atoms with Crippen molar-refractivity contribution in [3.63, 3.8) is 0 Å². The molecular weight excluding hydrogens is 202 g/mol. The van der Waals surface area contributed by atoms with Gasteiger partial charge < -0.3 is 10.4 Å². The zero-order valence-electron chi connectivity index (χ0n) is 9.69. The lowest BCUT2D eigenvalue weighted by molar-refractivity contribution is 0.311. The highest BCUT2D eigenvalue weighted by molar-refractivity contribution is 5.46. The Bertz CT molecular complexity index is 326. The van der Waals surface area contributed by atoms with Crippen LogP contribution in [0.3, 0.4) is 0 Å². The van der Waals surface area contributed by atoms with Gasteiger partial charge in [0.05, 0.1) is 24.7 Å². The van der Waals surface area contributed by atoms with Crippen molar-refractivity contribution in [2.24, 2.45) is 0 Å². The monoisotopic (exact) mass is 221 g/mol. The zero-order valence-corrected chi connectivity index (χ0v) is 9.69. The van der Waals surface area contributed by atoms with Crippen molar-refractivity contribution in [3.05, 3.63) is 24.2 Å². The highest BCUT2D eigenvalue weighted by Crippen LogP contribution is 2.05. The summed E-state index contributed by atoms with van der Waals surface area (Å²) in [5.74, 6) is 0.701. The van der Waals surface area contributed by atoms with E-state index in [2.05, 4.69) is 28.3 Å². The Morgan fingerprint density at radius 1 is 1.44 bits per heavy atom. The molecule has 2 N–H and O–H groups in total. The number of hydrogen-bond acceptors (Lipinski definition) is 4. The van der Waals surface area contributed by atoms with Crippen LogP contribution in [-0.2, 0) is 0 Å². The maximum atomic E-state index is 8.67. The quantitative estimate of drug-likeness (QED) is 0.692. The van der Waals surface area contributed by atoms with Crippen molar-refractivity contribution >= 4 is 11.9 Å². The fourth-order valence-electron chi connectivity index (χ4n) is 1.26. The van der Waals surface area contributed by atoms with E-state index in [0.717, 1.165) is 12.1 Å². The summed E-state index contributed by atoms with van der Waals surface area (Å²) in [6, 6.07) is 0. The lowest BCUT2D eigenvalue weighted by Gasteiger charge is -2.02. The molecule has 0 radical (unpaired) electrons. The molecule has 0 amide bonds. The van der Waals surface area contributed by atoms with E-state index >= 15 is 0 Å². The van der Waals surface area contributed by atoms with Gasteiger partial charge in [-0.3, -0.25) is 4.98 Å². The Morgan fingerprint density at radius 2 is 2.31 bits per heavy atom. The minimum atomic E-state index is 0.0955. The minimum Gasteiger partial charge on any atom is -0.395 e. The lowest BCUT2D eigenvalue weighted by atomic mass is 10.2. The second kappa shape index (κ2) is 7.82. The maximum Gasteiger partial charge on any atom is 0.145 e. The fourth-order valence-corrected chi connectivity index (χ4v) is 1.26. The summed E-state index contributed by atoms with van der Waals surface area (Å²) in [5, 5.41) is 11.7. The first kappa shape index (κ1) is 12.6. The van der Waals surface area contributed by atoms with E-state index in [-0.39, 0.29) is 6.61 Å². The molecule has 0 spiro atoms. The molecule has 0 aliphatic heterocycles. The molecule has 4 nitrogen and oxygen atoms in total. The summed E-state index contributed by atoms with van der Waals surface area (Å²) in [4.78, 5) is 8.41. The average molecular weight is 221 g/mol. The fraction of sp³-hybridized carbons (Fsp3) is 0.500. The van der Waals surface area contributed by atoms with Gasteiger partial charge in [-0.1, -0.05) is 25.8 Å². The molecule has 0 saturated heterocycles. The standard InChI is InChI=1S/C12H19N3O/c1-2-3-4-5-6-11-9-13-10-12(15-11)14-7-8-16/h5-6,9-10,16H,2-4,7-8H2,1H3,(H,14,15)/b6-5+. The highest BCUT2D eigenvalue weighted by Gasteiger charge is 1.94. The number of aromatic nitrogens is 2. The predicted molar refractivity (Wildman–Crippen MR) is 66.2 cm³/mol. The van der Waals surface area contributed by atoms with Gasteiger partial charge in [0.2, 0.25) is 0 Å². The molecule has 0 aromatic carbocycles. The Morgan fingerprint density at radius 3 is 3.06 bits per heavy atom. The first-order valence-corrected chi connectivity index (χ1v) is 5.70. The van der Waals surface area contributed by atoms with E-state index in [4.69, 9.17) is 5.11 Å². The second-order valence-electron chi connectivity index (χ2n) is 3.52. The third-order valence-electron chi connectivity index (χ3n) is 2.08. The van der Waals surface area contributed by atoms with Crippen LogP contribution in [0, 0.1) is 0 Å². The van der Waals surface area contributed by atoms with Crippen LogP contribution in [0.15, 0.2) is 18.5 Å². The number of rotatable bonds is 7. The van der Waals surface area contributed by atoms with Crippen LogP contribution >= 0.6 is 0 Å². The van der Waals surface area contributed by atoms with Crippen LogP contribution < -0.4 is 5.32 Å². The molecule has 1 aromatic rings. The van der Waals surface area contributed by atoms with Gasteiger partial charge in [0.15, 0.2) is 0 Å². The lowest BCUT2D eigenvalue weighted by Crippen LogP contribution is -2.07. The van der Waals surface area contributed by atoms with Crippen molar-refractivity contribution in [1.82, 2.24) is 9.97 Å². The first-order chi connectivity index (χ1) is 7.86. The van der Waals surface area contributed by atoms with Gasteiger partial charge in [-0.25, -0.2) is 4.98 Å². The zero-order chi connectivity index (χ0) is 11.6. The molecular formula is C12H19N3O. The van der Waals surface area contributed by atoms with Crippen LogP contribution in [0.2, 0.25) is 0 Å². The Kier molecular flexibility index (Phi) is 6.18. The van der Waals surface area contributed by atoms with Gasteiger partial charge in [0.25, 0.3) is 0 Å². The molecule has 0 bridgehead atoms. The highest BCUT2D eigenvalue weighted by atomic mass is 16.3. The molecule has 0 saturated carbocycles. The average Bonchev–Trinajstić information content (AvgIpc) is 2.33. The number of aliphatic hydroxyl groups is 1. The minimum absolute atomic E-state index is 0.0955. The second-order valence-corrected chi connectivity index (χ2v) is 3.52. The summed E-state index contributed by atoms with van der Waals surface area (Å²) < 4.78 is 0. The van der Waals surface area contributed by atoms with Crippen LogP contribution in [-0.4, -0.2) is 28.2 Å². The largest absolute Gasteiger partial charge is 0.395 e. The number of unbranched alkanes of at least 4 members (excludes halogenated alkanes) is 2.